The van der Waals surface area contributed by atoms with Crippen molar-refractivity contribution in [2.75, 3.05) is 0 Å². The lowest BCUT2D eigenvalue weighted by Crippen LogP contribution is -2.27. The van der Waals surface area contributed by atoms with Crippen molar-refractivity contribution in [2.45, 2.75) is 51.7 Å². The van der Waals surface area contributed by atoms with Crippen LogP contribution in [0.4, 0.5) is 0 Å². The molecule has 16 nitrogen and oxygen atoms in total. The molecule has 0 bridgehead atoms. The number of ether oxygens (including phenoxy) is 2. The summed E-state index contributed by atoms with van der Waals surface area (Å²) in [5.74, 6) is 0.154. The zero-order valence-corrected chi connectivity index (χ0v) is 50.7. The molecule has 22 heteroatoms. The first-order valence-corrected chi connectivity index (χ1v) is 31.5. The van der Waals surface area contributed by atoms with Crippen molar-refractivity contribution in [2.24, 2.45) is 0 Å². The number of carbonyl (C=O) groups is 2. The lowest BCUT2D eigenvalue weighted by Gasteiger charge is -2.31. The first kappa shape index (κ1) is 53.8. The van der Waals surface area contributed by atoms with Gasteiger partial charge in [0.05, 0.1) is 53.5 Å². The van der Waals surface area contributed by atoms with Crippen LogP contribution in [0.1, 0.15) is 120 Å². The number of aromatic nitrogens is 4. The number of aryl methyl sites for hydroxylation is 1. The molecule has 0 atom stereocenters. The number of nitrogens with zero attached hydrogens (tertiary/aromatic N) is 12. The Kier molecular flexibility index (Phi) is 11.8. The standard InChI is InChI=1S/C66H28N12O4S6/c1-65(2)42-17-47(85-60(42)62-44(81-65)15-33(83-62)13-40-49(31(23-71)24-72)36-9-27(19-67)29(21-69)11-38(36)58(40)79)51-54-55(76-64-53(75-54)35-7-5-6-8-46(35)87-64)52(57-56(51)77-88-78-57)48-18-43-61(86-48)63-45(82-66(43,3)4)16-34(84-63)14-41-50(32(25-73)26-74)37-10-28(20-68)30(22-70)12-39(37)59(41)80/h6,8-18H,5,7H2,1-4H3/b40-13-,41-14-. The topological polar surface area (TPSA) is 294 Å². The molecule has 412 valence electrons. The van der Waals surface area contributed by atoms with Crippen molar-refractivity contribution in [3.63, 3.8) is 0 Å². The molecule has 0 N–H and O–H groups in total. The van der Waals surface area contributed by atoms with Crippen molar-refractivity contribution in [3.05, 3.63) is 153 Å². The maximum Gasteiger partial charge on any atom is 0.194 e. The van der Waals surface area contributed by atoms with E-state index in [1.807, 2.05) is 88.4 Å². The van der Waals surface area contributed by atoms with Gasteiger partial charge in [-0.2, -0.15) is 50.8 Å². The van der Waals surface area contributed by atoms with Crippen molar-refractivity contribution in [1.82, 2.24) is 18.7 Å². The highest BCUT2D eigenvalue weighted by Gasteiger charge is 2.42. The van der Waals surface area contributed by atoms with Crippen LogP contribution in [0.2, 0.25) is 0 Å². The van der Waals surface area contributed by atoms with Crippen molar-refractivity contribution in [3.8, 4) is 100 Å². The quantitative estimate of drug-likeness (QED) is 0.117. The van der Waals surface area contributed by atoms with E-state index in [0.29, 0.717) is 43.3 Å². The summed E-state index contributed by atoms with van der Waals surface area (Å²) in [6, 6.07) is 29.0. The van der Waals surface area contributed by atoms with Gasteiger partial charge in [-0.15, -0.1) is 56.7 Å². The number of allylic oxidation sites excluding steroid dienone is 7. The largest absolute Gasteiger partial charge is 0.482 e. The van der Waals surface area contributed by atoms with Gasteiger partial charge in [-0.1, -0.05) is 6.08 Å². The monoisotopic (exact) mass is 1240 g/mol. The Morgan fingerprint density at radius 1 is 0.523 bits per heavy atom. The minimum absolute atomic E-state index is 0.00401. The normalized spacial score (nSPS) is 15.9. The minimum atomic E-state index is -0.866. The number of hydrogen-bond acceptors (Lipinski definition) is 22. The molecule has 0 saturated carbocycles. The molecule has 0 amide bonds. The highest BCUT2D eigenvalue weighted by atomic mass is 32.1. The van der Waals surface area contributed by atoms with Gasteiger partial charge in [0.25, 0.3) is 0 Å². The van der Waals surface area contributed by atoms with Gasteiger partial charge in [0.2, 0.25) is 0 Å². The minimum Gasteiger partial charge on any atom is -0.482 e. The van der Waals surface area contributed by atoms with Crippen LogP contribution in [0.15, 0.2) is 76.9 Å². The fraction of sp³-hybridized carbons (Fsp3) is 0.121. The molecule has 3 aliphatic carbocycles. The highest BCUT2D eigenvalue weighted by Crippen LogP contribution is 2.59. The summed E-state index contributed by atoms with van der Waals surface area (Å²) in [6.45, 7) is 7.95. The zero-order valence-electron chi connectivity index (χ0n) is 45.8. The van der Waals surface area contributed by atoms with E-state index in [0.717, 1.165) is 96.9 Å². The number of ketones is 2. The molecule has 7 aromatic heterocycles. The lowest BCUT2D eigenvalue weighted by atomic mass is 9.93. The van der Waals surface area contributed by atoms with Crippen LogP contribution in [-0.4, -0.2) is 30.3 Å². The zero-order chi connectivity index (χ0) is 61.0. The van der Waals surface area contributed by atoms with Gasteiger partial charge >= 0.3 is 0 Å². The van der Waals surface area contributed by atoms with Gasteiger partial charge in [-0.3, -0.25) is 9.59 Å². The molecule has 9 heterocycles. The van der Waals surface area contributed by atoms with Gasteiger partial charge in [-0.05, 0) is 124 Å². The van der Waals surface area contributed by atoms with Crippen LogP contribution < -0.4 is 9.47 Å². The second kappa shape index (κ2) is 19.3. The third kappa shape index (κ3) is 7.66. The van der Waals surface area contributed by atoms with Crippen LogP contribution in [0, 0.1) is 90.6 Å². The molecule has 0 saturated heterocycles. The van der Waals surface area contributed by atoms with Crippen LogP contribution in [0.5, 0.6) is 11.5 Å². The average Bonchev–Trinajstić information content (AvgIpc) is 1.66. The van der Waals surface area contributed by atoms with E-state index in [1.165, 1.54) is 46.9 Å². The van der Waals surface area contributed by atoms with Crippen LogP contribution in [0.25, 0.3) is 102 Å². The Morgan fingerprint density at radius 3 is 1.41 bits per heavy atom. The smallest absolute Gasteiger partial charge is 0.194 e. The number of rotatable bonds is 4. The maximum absolute atomic E-state index is 14.3. The van der Waals surface area contributed by atoms with Crippen molar-refractivity contribution < 1.29 is 19.1 Å². The summed E-state index contributed by atoms with van der Waals surface area (Å²) in [6.07, 6.45) is 9.22. The second-order valence-corrected chi connectivity index (χ2v) is 27.7. The molecule has 0 fully saturated rings. The maximum atomic E-state index is 14.3. The predicted octanol–water partition coefficient (Wildman–Crippen LogP) is 15.6. The summed E-state index contributed by atoms with van der Waals surface area (Å²) < 4.78 is 23.7. The molecular formula is C66H28N12O4S6. The van der Waals surface area contributed by atoms with Gasteiger partial charge in [0.1, 0.15) is 115 Å². The third-order valence-corrected chi connectivity index (χ3v) is 22.5. The molecule has 15 rings (SSSR count). The summed E-state index contributed by atoms with van der Waals surface area (Å²) in [4.78, 5) is 47.9. The fourth-order valence-corrected chi connectivity index (χ4v) is 18.9. The van der Waals surface area contributed by atoms with Crippen LogP contribution >= 0.6 is 68.4 Å². The van der Waals surface area contributed by atoms with E-state index >= 15 is 0 Å². The van der Waals surface area contributed by atoms with Gasteiger partial charge in [0.15, 0.2) is 11.6 Å². The van der Waals surface area contributed by atoms with E-state index in [1.54, 1.807) is 46.2 Å². The summed E-state index contributed by atoms with van der Waals surface area (Å²) >= 11 is 8.54. The van der Waals surface area contributed by atoms with E-state index < -0.39 is 22.8 Å². The molecular weight excluding hydrogens is 1220 g/mol. The van der Waals surface area contributed by atoms with Crippen LogP contribution in [0.3, 0.4) is 0 Å². The molecule has 0 spiro atoms. The number of hydrogen-bond donors (Lipinski definition) is 0. The van der Waals surface area contributed by atoms with Gasteiger partial charge in [-0.25, -0.2) is 9.97 Å². The summed E-state index contributed by atoms with van der Waals surface area (Å²) in [5, 5.41) is 79.9. The Bertz CT molecular complexity index is 5590. The Morgan fingerprint density at radius 2 is 0.966 bits per heavy atom. The fourth-order valence-electron chi connectivity index (χ4n) is 12.2. The van der Waals surface area contributed by atoms with E-state index in [9.17, 15) is 51.7 Å². The first-order chi connectivity index (χ1) is 42.5. The Hall–Kier alpha value is -10.9. The molecule has 10 aromatic rings. The SMILES string of the molecule is CC1(C)Oc2cc(/C=C3\C(=O)c4cc(C#N)c(C#N)cc4C3=C(C#N)C#N)sc2-c2sc(-c3c4nsnc4c(-c4cc5c(s4)-c4sc(/C=C6\C(=O)c7cc(C#N)c(C#N)cc7C6=C(C#N)C#N)cc4OC5(C)C)c4nc5c6c(sc5nc34)C=CCC6)cc21. The van der Waals surface area contributed by atoms with E-state index in [-0.39, 0.29) is 77.9 Å². The number of thiophene rings is 5. The van der Waals surface area contributed by atoms with Gasteiger partial charge in [0, 0.05) is 80.1 Å². The number of carbonyl (C=O) groups excluding carboxylic acids is 2. The highest BCUT2D eigenvalue weighted by molar-refractivity contribution is 7.25. The molecule has 0 radical (unpaired) electrons. The Balaban J connectivity index is 0.885. The van der Waals surface area contributed by atoms with E-state index in [2.05, 4.69) is 24.3 Å². The molecule has 5 aliphatic rings. The van der Waals surface area contributed by atoms with Crippen molar-refractivity contribution in [1.29, 1.82) is 42.1 Å². The van der Waals surface area contributed by atoms with Crippen LogP contribution in [-0.2, 0) is 17.6 Å². The molecule has 2 aliphatic heterocycles. The summed E-state index contributed by atoms with van der Waals surface area (Å²) in [7, 11) is 0. The second-order valence-electron chi connectivity index (χ2n) is 21.8. The molecule has 0 unspecified atom stereocenters. The van der Waals surface area contributed by atoms with Gasteiger partial charge < -0.3 is 9.47 Å². The van der Waals surface area contributed by atoms with Crippen molar-refractivity contribution >= 4 is 142 Å². The summed E-state index contributed by atoms with van der Waals surface area (Å²) in [5.41, 5.74) is 6.47. The number of nitriles is 8. The predicted molar refractivity (Wildman–Crippen MR) is 336 cm³/mol. The third-order valence-electron chi connectivity index (χ3n) is 16.1. The number of fused-ring (bicyclic) bond motifs is 13. The average molecular weight is 1250 g/mol. The lowest BCUT2D eigenvalue weighted by molar-refractivity contribution is 0.103. The molecule has 88 heavy (non-hydrogen) atoms. The van der Waals surface area contributed by atoms with E-state index in [4.69, 9.17) is 28.2 Å². The number of Topliss-reactive ketones (excluding diaryl/α,β-unsaturated/α-hetero) is 2. The first-order valence-electron chi connectivity index (χ1n) is 26.7. The Labute approximate surface area is 522 Å². The molecule has 3 aromatic carbocycles. The number of benzene rings is 3.